The lowest BCUT2D eigenvalue weighted by atomic mass is 10.8. The quantitative estimate of drug-likeness (QED) is 0.445. The van der Waals surface area contributed by atoms with Crippen molar-refractivity contribution in [3.63, 3.8) is 0 Å². The van der Waals surface area contributed by atoms with Gasteiger partial charge in [-0.05, 0) is 9.39 Å². The number of nitrogens with zero attached hydrogens (tertiary/aromatic N) is 1. The predicted molar refractivity (Wildman–Crippen MR) is 31.1 cm³/mol. The van der Waals surface area contributed by atoms with Crippen LogP contribution in [0.2, 0.25) is 0 Å². The molecule has 0 saturated heterocycles. The summed E-state index contributed by atoms with van der Waals surface area (Å²) in [6.45, 7) is 1.51. The lowest BCUT2D eigenvalue weighted by molar-refractivity contribution is 0.339. The second kappa shape index (κ2) is 2.12. The summed E-state index contributed by atoms with van der Waals surface area (Å²) >= 11 is 0. The van der Waals surface area contributed by atoms with Gasteiger partial charge in [0.1, 0.15) is 6.61 Å². The fraction of sp³-hybridized carbons (Fsp3) is 0.667. The van der Waals surface area contributed by atoms with Crippen LogP contribution in [-0.4, -0.2) is 19.2 Å². The Morgan fingerprint density at radius 2 is 2.71 bits per heavy atom. The average molecular weight is 118 g/mol. The van der Waals surface area contributed by atoms with Crippen molar-refractivity contribution in [2.45, 2.75) is 0 Å². The van der Waals surface area contributed by atoms with Crippen molar-refractivity contribution in [3.05, 3.63) is 0 Å². The van der Waals surface area contributed by atoms with Gasteiger partial charge in [0.2, 0.25) is 0 Å². The second-order valence-corrected chi connectivity index (χ2v) is 1.47. The van der Waals surface area contributed by atoms with Gasteiger partial charge in [-0.3, -0.25) is 0 Å². The summed E-state index contributed by atoms with van der Waals surface area (Å²) in [6, 6.07) is 0.630. The molecule has 0 aromatic rings. The SMILES string of the molecule is PNC1=NCCO1. The van der Waals surface area contributed by atoms with Crippen molar-refractivity contribution in [3.8, 4) is 0 Å². The van der Waals surface area contributed by atoms with Crippen molar-refractivity contribution >= 4 is 15.4 Å². The molecule has 1 atom stereocenters. The molecular weight excluding hydrogens is 111 g/mol. The van der Waals surface area contributed by atoms with Crippen LogP contribution < -0.4 is 5.09 Å². The van der Waals surface area contributed by atoms with Crippen LogP contribution in [0.5, 0.6) is 0 Å². The van der Waals surface area contributed by atoms with Gasteiger partial charge in [0, 0.05) is 0 Å². The van der Waals surface area contributed by atoms with E-state index in [1.165, 1.54) is 0 Å². The fourth-order valence-electron chi connectivity index (χ4n) is 0.422. The maximum atomic E-state index is 4.92. The van der Waals surface area contributed by atoms with E-state index in [4.69, 9.17) is 4.74 Å². The average Bonchev–Trinajstić information content (AvgIpc) is 2.14. The molecule has 0 aromatic carbocycles. The van der Waals surface area contributed by atoms with Crippen LogP contribution in [0.3, 0.4) is 0 Å². The fourth-order valence-corrected chi connectivity index (χ4v) is 0.597. The molecule has 4 heteroatoms. The highest BCUT2D eigenvalue weighted by Crippen LogP contribution is 1.90. The first kappa shape index (κ1) is 4.85. The van der Waals surface area contributed by atoms with Crippen LogP contribution in [0.1, 0.15) is 0 Å². The number of hydrogen-bond acceptors (Lipinski definition) is 3. The van der Waals surface area contributed by atoms with E-state index >= 15 is 0 Å². The normalized spacial score (nSPS) is 18.1. The highest BCUT2D eigenvalue weighted by Gasteiger charge is 2.01. The maximum Gasteiger partial charge on any atom is 0.287 e. The summed E-state index contributed by atoms with van der Waals surface area (Å²) in [4.78, 5) is 3.92. The molecule has 0 amide bonds. The van der Waals surface area contributed by atoms with E-state index in [0.717, 1.165) is 13.2 Å². The van der Waals surface area contributed by atoms with Crippen LogP contribution in [0.25, 0.3) is 0 Å². The lowest BCUT2D eigenvalue weighted by Gasteiger charge is -1.94. The molecule has 1 rings (SSSR count). The Morgan fingerprint density at radius 1 is 1.86 bits per heavy atom. The molecule has 1 unspecified atom stereocenters. The number of hydrogen-bond donors (Lipinski definition) is 1. The molecule has 7 heavy (non-hydrogen) atoms. The Balaban J connectivity index is 2.36. The Bertz CT molecular complexity index is 92.9. The van der Waals surface area contributed by atoms with Gasteiger partial charge >= 0.3 is 0 Å². The molecule has 0 aliphatic carbocycles. The summed E-state index contributed by atoms with van der Waals surface area (Å²) in [5.74, 6) is 0. The van der Waals surface area contributed by atoms with E-state index in [9.17, 15) is 0 Å². The molecule has 40 valence electrons. The summed E-state index contributed by atoms with van der Waals surface area (Å²) in [6.07, 6.45) is 0. The monoisotopic (exact) mass is 118 g/mol. The van der Waals surface area contributed by atoms with Crippen LogP contribution in [0, 0.1) is 0 Å². The summed E-state index contributed by atoms with van der Waals surface area (Å²) in [5, 5.41) is 2.71. The lowest BCUT2D eigenvalue weighted by Crippen LogP contribution is -2.10. The Kier molecular flexibility index (Phi) is 1.47. The van der Waals surface area contributed by atoms with Gasteiger partial charge in [0.25, 0.3) is 6.02 Å². The largest absolute Gasteiger partial charge is 0.463 e. The van der Waals surface area contributed by atoms with Gasteiger partial charge in [-0.2, -0.15) is 0 Å². The van der Waals surface area contributed by atoms with Crippen molar-refractivity contribution in [2.24, 2.45) is 4.99 Å². The second-order valence-electron chi connectivity index (χ2n) is 1.18. The molecule has 0 fully saturated rings. The molecule has 0 bridgehead atoms. The van der Waals surface area contributed by atoms with Gasteiger partial charge in [-0.25, -0.2) is 4.99 Å². The predicted octanol–water partition coefficient (Wildman–Crippen LogP) is -0.248. The van der Waals surface area contributed by atoms with E-state index in [1.54, 1.807) is 0 Å². The molecule has 1 heterocycles. The minimum absolute atomic E-state index is 0.630. The molecule has 0 saturated carbocycles. The van der Waals surface area contributed by atoms with Crippen LogP contribution in [0.15, 0.2) is 4.99 Å². The zero-order valence-corrected chi connectivity index (χ0v) is 5.00. The standard InChI is InChI=1S/C3H7N2OP/c7-5-3-4-1-2-6-3/h1-2,7H2,(H,4,5). The number of rotatable bonds is 0. The first-order chi connectivity index (χ1) is 3.43. The third-order valence-corrected chi connectivity index (χ3v) is 0.956. The van der Waals surface area contributed by atoms with E-state index in [-0.39, 0.29) is 0 Å². The molecule has 1 N–H and O–H groups in total. The van der Waals surface area contributed by atoms with Gasteiger partial charge in [0.05, 0.1) is 6.54 Å². The zero-order valence-electron chi connectivity index (χ0n) is 3.85. The summed E-state index contributed by atoms with van der Waals surface area (Å²) < 4.78 is 4.92. The minimum Gasteiger partial charge on any atom is -0.463 e. The number of aliphatic imine (C=N–C) groups is 1. The third-order valence-electron chi connectivity index (χ3n) is 0.709. The Morgan fingerprint density at radius 3 is 3.00 bits per heavy atom. The maximum absolute atomic E-state index is 4.92. The molecular formula is C3H7N2OP. The summed E-state index contributed by atoms with van der Waals surface area (Å²) in [5.41, 5.74) is 0. The zero-order chi connectivity index (χ0) is 5.11. The van der Waals surface area contributed by atoms with Crippen LogP contribution in [0.4, 0.5) is 0 Å². The first-order valence-corrected chi connectivity index (χ1v) is 2.65. The Hall–Kier alpha value is -0.300. The molecule has 1 aliphatic heterocycles. The molecule has 1 aliphatic rings. The van der Waals surface area contributed by atoms with Crippen LogP contribution >= 0.6 is 9.39 Å². The Labute approximate surface area is 44.4 Å². The van der Waals surface area contributed by atoms with E-state index < -0.39 is 0 Å². The molecule has 0 aromatic heterocycles. The van der Waals surface area contributed by atoms with Gasteiger partial charge in [0.15, 0.2) is 0 Å². The van der Waals surface area contributed by atoms with Crippen LogP contribution in [-0.2, 0) is 4.74 Å². The molecule has 3 nitrogen and oxygen atoms in total. The number of amidine groups is 1. The van der Waals surface area contributed by atoms with Crippen molar-refractivity contribution in [2.75, 3.05) is 13.2 Å². The summed E-state index contributed by atoms with van der Waals surface area (Å²) in [7, 11) is 2.32. The van der Waals surface area contributed by atoms with Crippen molar-refractivity contribution in [1.82, 2.24) is 5.09 Å². The van der Waals surface area contributed by atoms with Crippen molar-refractivity contribution < 1.29 is 4.74 Å². The van der Waals surface area contributed by atoms with Gasteiger partial charge in [-0.1, -0.05) is 0 Å². The highest BCUT2D eigenvalue weighted by molar-refractivity contribution is 7.15. The third kappa shape index (κ3) is 1.03. The highest BCUT2D eigenvalue weighted by atomic mass is 31.0. The van der Waals surface area contributed by atoms with E-state index in [0.29, 0.717) is 6.02 Å². The molecule has 0 radical (unpaired) electrons. The van der Waals surface area contributed by atoms with E-state index in [1.807, 2.05) is 0 Å². The van der Waals surface area contributed by atoms with Gasteiger partial charge in [-0.15, -0.1) is 0 Å². The number of ether oxygens (including phenoxy) is 1. The van der Waals surface area contributed by atoms with E-state index in [2.05, 4.69) is 19.5 Å². The van der Waals surface area contributed by atoms with Gasteiger partial charge < -0.3 is 9.82 Å². The first-order valence-electron chi connectivity index (χ1n) is 2.07. The molecule has 0 spiro atoms. The topological polar surface area (TPSA) is 33.6 Å². The minimum atomic E-state index is 0.630. The van der Waals surface area contributed by atoms with Crippen molar-refractivity contribution in [1.29, 1.82) is 0 Å². The number of nitrogens with one attached hydrogen (secondary N) is 1. The smallest absolute Gasteiger partial charge is 0.287 e.